The van der Waals surface area contributed by atoms with E-state index in [9.17, 15) is 19.5 Å². The van der Waals surface area contributed by atoms with Crippen molar-refractivity contribution in [3.63, 3.8) is 0 Å². The molecule has 3 aliphatic rings. The van der Waals surface area contributed by atoms with Crippen LogP contribution in [0.25, 0.3) is 16.2 Å². The van der Waals surface area contributed by atoms with Crippen LogP contribution < -0.4 is 10.3 Å². The third-order valence-electron chi connectivity index (χ3n) is 6.72. The van der Waals surface area contributed by atoms with Crippen molar-refractivity contribution in [2.24, 2.45) is 5.92 Å². The van der Waals surface area contributed by atoms with Crippen molar-refractivity contribution in [3.8, 4) is 5.13 Å². The summed E-state index contributed by atoms with van der Waals surface area (Å²) >= 11 is 1.07. The lowest BCUT2D eigenvalue weighted by atomic mass is 9.84. The van der Waals surface area contributed by atoms with E-state index in [0.717, 1.165) is 24.6 Å². The van der Waals surface area contributed by atoms with Crippen LogP contribution in [0.15, 0.2) is 23.4 Å². The number of likely N-dealkylation sites (tertiary alicyclic amines) is 1. The number of nitrogens with zero attached hydrogens (tertiary/aromatic N) is 6. The number of pyridine rings is 2. The molecule has 3 aromatic rings. The minimum absolute atomic E-state index is 0.0841. The second kappa shape index (κ2) is 7.06. The van der Waals surface area contributed by atoms with E-state index < -0.39 is 11.4 Å². The van der Waals surface area contributed by atoms with E-state index in [4.69, 9.17) is 4.74 Å². The van der Waals surface area contributed by atoms with Crippen LogP contribution in [0.4, 0.5) is 5.82 Å². The molecular weight excluding hydrogens is 448 g/mol. The maximum Gasteiger partial charge on any atom is 0.341 e. The number of carbonyl (C=O) groups is 2. The van der Waals surface area contributed by atoms with Crippen LogP contribution in [0, 0.1) is 12.8 Å². The van der Waals surface area contributed by atoms with E-state index in [-0.39, 0.29) is 28.4 Å². The predicted octanol–water partition coefficient (Wildman–Crippen LogP) is 0.681. The largest absolute Gasteiger partial charge is 0.477 e. The van der Waals surface area contributed by atoms with Crippen LogP contribution in [0.2, 0.25) is 0 Å². The maximum absolute atomic E-state index is 12.9. The van der Waals surface area contributed by atoms with E-state index >= 15 is 0 Å². The van der Waals surface area contributed by atoms with E-state index in [1.165, 1.54) is 17.1 Å². The molecule has 0 unspecified atom stereocenters. The van der Waals surface area contributed by atoms with Crippen LogP contribution in [0.1, 0.15) is 22.3 Å². The number of fused-ring (bicyclic) bond motifs is 1. The van der Waals surface area contributed by atoms with Gasteiger partial charge >= 0.3 is 5.97 Å². The highest BCUT2D eigenvalue weighted by Gasteiger charge is 2.52. The van der Waals surface area contributed by atoms with Gasteiger partial charge in [0.1, 0.15) is 23.3 Å². The number of aryl methyl sites for hydroxylation is 1. The molecule has 1 N–H and O–H groups in total. The Morgan fingerprint density at radius 3 is 2.67 bits per heavy atom. The van der Waals surface area contributed by atoms with Crippen molar-refractivity contribution >= 4 is 40.3 Å². The number of ether oxygens (including phenoxy) is 1. The summed E-state index contributed by atoms with van der Waals surface area (Å²) in [5.74, 6) is -0.637. The number of carboxylic acid groups (broad SMARTS) is 1. The van der Waals surface area contributed by atoms with E-state index in [1.807, 2.05) is 9.80 Å². The van der Waals surface area contributed by atoms with Crippen LogP contribution in [0.5, 0.6) is 0 Å². The van der Waals surface area contributed by atoms with Crippen molar-refractivity contribution in [2.45, 2.75) is 18.9 Å². The minimum atomic E-state index is -1.31. The molecule has 0 atom stereocenters. The number of amides is 1. The molecule has 0 saturated carbocycles. The second-order valence-corrected chi connectivity index (χ2v) is 9.60. The Bertz CT molecular complexity index is 1350. The highest BCUT2D eigenvalue weighted by molar-refractivity contribution is 7.08. The fourth-order valence-corrected chi connectivity index (χ4v) is 5.25. The standard InChI is InChI=1S/C21H20N6O5S/c1-11-4-14(25-5-12(6-25)18(29)26-8-21(9-26)2-3-32-21)24-17-15(11)16(28)13(19(30)31)7-27(17)20-22-10-23-33-20/h4,7,10,12H,2-3,5-6,8-9H2,1H3,(H,30,31). The molecule has 6 rings (SSSR count). The number of aromatic carboxylic acids is 1. The highest BCUT2D eigenvalue weighted by atomic mass is 32.1. The smallest absolute Gasteiger partial charge is 0.341 e. The molecule has 3 saturated heterocycles. The average molecular weight is 468 g/mol. The summed E-state index contributed by atoms with van der Waals surface area (Å²) in [5.41, 5.74) is -0.0929. The molecule has 11 nitrogen and oxygen atoms in total. The third kappa shape index (κ3) is 3.04. The molecule has 3 aromatic heterocycles. The van der Waals surface area contributed by atoms with Crippen molar-refractivity contribution in [1.82, 2.24) is 23.8 Å². The molecule has 3 aliphatic heterocycles. The zero-order valence-corrected chi connectivity index (χ0v) is 18.5. The number of carbonyl (C=O) groups excluding carboxylic acids is 1. The highest BCUT2D eigenvalue weighted by Crippen LogP contribution is 2.38. The molecule has 0 aromatic carbocycles. The van der Waals surface area contributed by atoms with Gasteiger partial charge in [0.15, 0.2) is 5.65 Å². The quantitative estimate of drug-likeness (QED) is 0.587. The number of hydrogen-bond donors (Lipinski definition) is 1. The molecule has 0 aliphatic carbocycles. The van der Waals surface area contributed by atoms with Crippen LogP contribution >= 0.6 is 11.5 Å². The summed E-state index contributed by atoms with van der Waals surface area (Å²) in [6, 6.07) is 1.77. The molecule has 6 heterocycles. The van der Waals surface area contributed by atoms with E-state index in [2.05, 4.69) is 14.3 Å². The molecule has 170 valence electrons. The molecule has 12 heteroatoms. The number of hydrogen-bond acceptors (Lipinski definition) is 9. The maximum atomic E-state index is 12.9. The Labute approximate surface area is 191 Å². The van der Waals surface area contributed by atoms with Gasteiger partial charge in [0.05, 0.1) is 31.0 Å². The van der Waals surface area contributed by atoms with Crippen molar-refractivity contribution < 1.29 is 19.4 Å². The number of carboxylic acids is 1. The first-order valence-corrected chi connectivity index (χ1v) is 11.4. The van der Waals surface area contributed by atoms with E-state index in [0.29, 0.717) is 48.3 Å². The first-order chi connectivity index (χ1) is 15.8. The summed E-state index contributed by atoms with van der Waals surface area (Å²) < 4.78 is 11.1. The predicted molar refractivity (Wildman–Crippen MR) is 118 cm³/mol. The SMILES string of the molecule is Cc1cc(N2CC(C(=O)N3CC4(CCO4)C3)C2)nc2c1c(=O)c(C(=O)O)cn2-c1ncns1. The summed E-state index contributed by atoms with van der Waals surface area (Å²) in [5, 5.41) is 10.2. The third-order valence-corrected chi connectivity index (χ3v) is 7.38. The van der Waals surface area contributed by atoms with Gasteiger partial charge in [0.25, 0.3) is 0 Å². The first kappa shape index (κ1) is 20.2. The minimum Gasteiger partial charge on any atom is -0.477 e. The van der Waals surface area contributed by atoms with Crippen molar-refractivity contribution in [2.75, 3.05) is 37.7 Å². The fourth-order valence-electron chi connectivity index (χ4n) is 4.74. The van der Waals surface area contributed by atoms with Crippen LogP contribution in [0.3, 0.4) is 0 Å². The molecule has 0 bridgehead atoms. The zero-order chi connectivity index (χ0) is 22.9. The van der Waals surface area contributed by atoms with Gasteiger partial charge in [-0.2, -0.15) is 4.37 Å². The fraction of sp³-hybridized carbons (Fsp3) is 0.429. The Hall–Kier alpha value is -3.38. The van der Waals surface area contributed by atoms with Gasteiger partial charge in [-0.15, -0.1) is 0 Å². The van der Waals surface area contributed by atoms with Crippen LogP contribution in [-0.2, 0) is 9.53 Å². The Kier molecular flexibility index (Phi) is 4.33. The molecule has 3 fully saturated rings. The molecule has 0 radical (unpaired) electrons. The van der Waals surface area contributed by atoms with E-state index in [1.54, 1.807) is 13.0 Å². The lowest BCUT2D eigenvalue weighted by molar-refractivity contribution is -0.223. The monoisotopic (exact) mass is 468 g/mol. The lowest BCUT2D eigenvalue weighted by Crippen LogP contribution is -2.71. The van der Waals surface area contributed by atoms with Crippen molar-refractivity contribution in [3.05, 3.63) is 39.9 Å². The summed E-state index contributed by atoms with van der Waals surface area (Å²) in [7, 11) is 0. The topological polar surface area (TPSA) is 131 Å². The zero-order valence-electron chi connectivity index (χ0n) is 17.7. The lowest BCUT2D eigenvalue weighted by Gasteiger charge is -2.56. The Morgan fingerprint density at radius 1 is 1.30 bits per heavy atom. The average Bonchev–Trinajstić information content (AvgIpc) is 3.18. The molecule has 33 heavy (non-hydrogen) atoms. The van der Waals surface area contributed by atoms with Gasteiger partial charge in [-0.1, -0.05) is 0 Å². The van der Waals surface area contributed by atoms with Gasteiger partial charge < -0.3 is 19.6 Å². The second-order valence-electron chi connectivity index (χ2n) is 8.84. The molecule has 1 spiro atoms. The normalized spacial score (nSPS) is 19.3. The van der Waals surface area contributed by atoms with Gasteiger partial charge in [-0.05, 0) is 18.6 Å². The van der Waals surface area contributed by atoms with Gasteiger partial charge in [0.2, 0.25) is 16.5 Å². The summed E-state index contributed by atoms with van der Waals surface area (Å²) in [4.78, 5) is 50.0. The van der Waals surface area contributed by atoms with Crippen molar-refractivity contribution in [1.29, 1.82) is 0 Å². The first-order valence-electron chi connectivity index (χ1n) is 10.6. The van der Waals surface area contributed by atoms with Gasteiger partial charge in [-0.3, -0.25) is 14.2 Å². The summed E-state index contributed by atoms with van der Waals surface area (Å²) in [6.07, 6.45) is 3.63. The molecular formula is C21H20N6O5S. The summed E-state index contributed by atoms with van der Waals surface area (Å²) in [6.45, 7) is 4.97. The van der Waals surface area contributed by atoms with Gasteiger partial charge in [0, 0.05) is 37.2 Å². The number of rotatable bonds is 4. The van der Waals surface area contributed by atoms with Gasteiger partial charge in [-0.25, -0.2) is 14.8 Å². The Balaban J connectivity index is 1.31. The van der Waals surface area contributed by atoms with Crippen LogP contribution in [-0.4, -0.2) is 79.2 Å². The number of anilines is 1. The molecule has 1 amide bonds. The Morgan fingerprint density at radius 2 is 2.06 bits per heavy atom. The number of aromatic nitrogens is 4.